The fourth-order valence-corrected chi connectivity index (χ4v) is 6.94. The van der Waals surface area contributed by atoms with Crippen LogP contribution >= 0.6 is 23.2 Å². The van der Waals surface area contributed by atoms with Gasteiger partial charge >= 0.3 is 0 Å². The van der Waals surface area contributed by atoms with Crippen molar-refractivity contribution in [2.24, 2.45) is 5.92 Å². The molecule has 0 radical (unpaired) electrons. The van der Waals surface area contributed by atoms with Gasteiger partial charge in [-0.15, -0.1) is 0 Å². The number of hydrogen-bond donors (Lipinski definition) is 1. The van der Waals surface area contributed by atoms with E-state index < -0.39 is 10.0 Å². The van der Waals surface area contributed by atoms with Crippen LogP contribution < -0.4 is 4.72 Å². The van der Waals surface area contributed by atoms with E-state index >= 15 is 0 Å². The van der Waals surface area contributed by atoms with Crippen LogP contribution in [0.3, 0.4) is 0 Å². The van der Waals surface area contributed by atoms with Gasteiger partial charge in [0.05, 0.1) is 24.2 Å². The number of nitrogens with one attached hydrogen (secondary N) is 1. The number of allylic oxidation sites excluding steroid dienone is 1. The smallest absolute Gasteiger partial charge is 0.208 e. The normalized spacial score (nSPS) is 23.1. The molecule has 1 aliphatic carbocycles. The number of halogens is 2. The van der Waals surface area contributed by atoms with Crippen LogP contribution in [0.1, 0.15) is 62.5 Å². The molecule has 4 atom stereocenters. The maximum atomic E-state index is 11.6. The molecule has 0 spiro atoms. The van der Waals surface area contributed by atoms with Gasteiger partial charge < -0.3 is 0 Å². The molecule has 0 saturated carbocycles. The fraction of sp³-hybridized carbons (Fsp3) is 0.481. The van der Waals surface area contributed by atoms with E-state index in [9.17, 15) is 13.7 Å². The van der Waals surface area contributed by atoms with Crippen LogP contribution in [0.4, 0.5) is 0 Å². The Labute approximate surface area is 238 Å². The third-order valence-electron chi connectivity index (χ3n) is 7.85. The van der Waals surface area contributed by atoms with Gasteiger partial charge in [-0.05, 0) is 68.3 Å². The summed E-state index contributed by atoms with van der Waals surface area (Å²) in [6.07, 6.45) is 8.90. The third-order valence-corrected chi connectivity index (χ3v) is 9.11. The van der Waals surface area contributed by atoms with E-state index in [2.05, 4.69) is 38.8 Å². The number of fused-ring (bicyclic) bond motifs is 1. The molecule has 1 saturated heterocycles. The van der Waals surface area contributed by atoms with Gasteiger partial charge in [-0.1, -0.05) is 42.3 Å². The third kappa shape index (κ3) is 5.83. The van der Waals surface area contributed by atoms with Crippen molar-refractivity contribution in [2.75, 3.05) is 19.3 Å². The summed E-state index contributed by atoms with van der Waals surface area (Å²) in [5.74, 6) is 0.354. The summed E-state index contributed by atoms with van der Waals surface area (Å²) in [5, 5.41) is 15.3. The SMILES string of the molecule is CC(c1ccc(Cl)cc1Cl)n1nc(C#N)c2ncc(C3=CCC(N4CCCC4CNS(C)(=O)=O)[C@H](C)C3)nc21. The van der Waals surface area contributed by atoms with Crippen molar-refractivity contribution in [1.82, 2.24) is 29.4 Å². The van der Waals surface area contributed by atoms with Crippen molar-refractivity contribution < 1.29 is 8.42 Å². The molecule has 1 aliphatic heterocycles. The zero-order valence-electron chi connectivity index (χ0n) is 22.1. The molecule has 1 N–H and O–H groups in total. The Morgan fingerprint density at radius 2 is 2.10 bits per heavy atom. The first-order valence-corrected chi connectivity index (χ1v) is 15.7. The van der Waals surface area contributed by atoms with Crippen molar-refractivity contribution in [3.8, 4) is 6.07 Å². The quantitative estimate of drug-likeness (QED) is 0.421. The van der Waals surface area contributed by atoms with E-state index in [1.165, 1.54) is 6.26 Å². The molecule has 2 aliphatic rings. The Hall–Kier alpha value is -2.55. The van der Waals surface area contributed by atoms with E-state index in [1.807, 2.05) is 13.0 Å². The molecule has 5 rings (SSSR count). The summed E-state index contributed by atoms with van der Waals surface area (Å²) in [4.78, 5) is 12.0. The predicted molar refractivity (Wildman–Crippen MR) is 153 cm³/mol. The number of nitrogens with zero attached hydrogens (tertiary/aromatic N) is 6. The Balaban J connectivity index is 1.42. The minimum Gasteiger partial charge on any atom is -0.296 e. The minimum absolute atomic E-state index is 0.207. The van der Waals surface area contributed by atoms with Gasteiger partial charge in [0.2, 0.25) is 10.0 Å². The topological polar surface area (TPSA) is 117 Å². The summed E-state index contributed by atoms with van der Waals surface area (Å²) in [6.45, 7) is 5.61. The molecular formula is C27H31Cl2N7O2S. The largest absolute Gasteiger partial charge is 0.296 e. The molecule has 3 heterocycles. The molecule has 1 fully saturated rings. The first-order chi connectivity index (χ1) is 18.6. The van der Waals surface area contributed by atoms with Crippen LogP contribution in [0.15, 0.2) is 30.5 Å². The van der Waals surface area contributed by atoms with Crippen LogP contribution in [0.2, 0.25) is 10.0 Å². The van der Waals surface area contributed by atoms with E-state index in [4.69, 9.17) is 28.2 Å². The van der Waals surface area contributed by atoms with E-state index in [-0.39, 0.29) is 17.8 Å². The summed E-state index contributed by atoms with van der Waals surface area (Å²) in [7, 11) is -3.22. The lowest BCUT2D eigenvalue weighted by Gasteiger charge is -2.39. The van der Waals surface area contributed by atoms with Gasteiger partial charge in [0, 0.05) is 28.7 Å². The molecule has 3 unspecified atom stereocenters. The van der Waals surface area contributed by atoms with Crippen molar-refractivity contribution in [1.29, 1.82) is 5.26 Å². The lowest BCUT2D eigenvalue weighted by molar-refractivity contribution is 0.133. The Bertz CT molecular complexity index is 1580. The van der Waals surface area contributed by atoms with Crippen LogP contribution in [0, 0.1) is 17.2 Å². The van der Waals surface area contributed by atoms with Gasteiger partial charge in [-0.2, -0.15) is 10.4 Å². The second kappa shape index (κ2) is 11.1. The molecule has 2 aromatic heterocycles. The van der Waals surface area contributed by atoms with Gasteiger partial charge in [-0.3, -0.25) is 4.90 Å². The highest BCUT2D eigenvalue weighted by molar-refractivity contribution is 7.88. The molecule has 9 nitrogen and oxygen atoms in total. The highest BCUT2D eigenvalue weighted by Crippen LogP contribution is 2.37. The molecule has 1 aromatic carbocycles. The predicted octanol–water partition coefficient (Wildman–Crippen LogP) is 4.81. The zero-order chi connectivity index (χ0) is 27.9. The van der Waals surface area contributed by atoms with Gasteiger partial charge in [0.15, 0.2) is 11.3 Å². The second-order valence-electron chi connectivity index (χ2n) is 10.5. The molecule has 39 heavy (non-hydrogen) atoms. The summed E-state index contributed by atoms with van der Waals surface area (Å²) in [5.41, 5.74) is 3.91. The van der Waals surface area contributed by atoms with Crippen molar-refractivity contribution in [2.45, 2.75) is 57.7 Å². The standard InChI is InChI=1S/C27H31Cl2N7O2S/c1-16-11-18(6-9-25(16)35-10-4-5-20(35)14-32-39(3,37)38)24-15-31-26-23(13-30)34-36(27(26)33-24)17(2)21-8-7-19(28)12-22(21)29/h6-8,12,15-17,20,25,32H,4-5,9-11,14H2,1-3H3/t16-,17?,20?,25?/m1/s1. The fourth-order valence-electron chi connectivity index (χ4n) is 5.88. The Kier molecular flexibility index (Phi) is 8.00. The van der Waals surface area contributed by atoms with E-state index in [0.717, 1.165) is 49.1 Å². The summed E-state index contributed by atoms with van der Waals surface area (Å²) < 4.78 is 27.7. The lowest BCUT2D eigenvalue weighted by atomic mass is 9.83. The number of benzene rings is 1. The number of hydrogen-bond acceptors (Lipinski definition) is 7. The van der Waals surface area contributed by atoms with Crippen LogP contribution in [0.5, 0.6) is 0 Å². The maximum Gasteiger partial charge on any atom is 0.208 e. The van der Waals surface area contributed by atoms with Gasteiger partial charge in [0.25, 0.3) is 0 Å². The average molecular weight is 589 g/mol. The lowest BCUT2D eigenvalue weighted by Crippen LogP contribution is -2.48. The summed E-state index contributed by atoms with van der Waals surface area (Å²) >= 11 is 12.6. The highest BCUT2D eigenvalue weighted by Gasteiger charge is 2.35. The van der Waals surface area contributed by atoms with Gasteiger partial charge in [0.1, 0.15) is 11.6 Å². The van der Waals surface area contributed by atoms with E-state index in [1.54, 1.807) is 23.0 Å². The molecule has 206 valence electrons. The minimum atomic E-state index is -3.22. The number of aromatic nitrogens is 4. The first kappa shape index (κ1) is 28.0. The molecule has 3 aromatic rings. The Morgan fingerprint density at radius 3 is 2.79 bits per heavy atom. The van der Waals surface area contributed by atoms with Crippen molar-refractivity contribution >= 4 is 50.0 Å². The molecule has 12 heteroatoms. The maximum absolute atomic E-state index is 11.6. The number of rotatable bonds is 7. The number of likely N-dealkylation sites (tertiary alicyclic amines) is 1. The van der Waals surface area contributed by atoms with Crippen LogP contribution in [0.25, 0.3) is 16.7 Å². The first-order valence-electron chi connectivity index (χ1n) is 13.1. The van der Waals surface area contributed by atoms with E-state index in [0.29, 0.717) is 39.7 Å². The molecular weight excluding hydrogens is 557 g/mol. The zero-order valence-corrected chi connectivity index (χ0v) is 24.4. The van der Waals surface area contributed by atoms with Crippen LogP contribution in [-0.4, -0.2) is 64.5 Å². The number of nitriles is 1. The van der Waals surface area contributed by atoms with Crippen molar-refractivity contribution in [3.05, 3.63) is 57.5 Å². The highest BCUT2D eigenvalue weighted by atomic mass is 35.5. The molecule has 0 bridgehead atoms. The molecule has 0 amide bonds. The monoisotopic (exact) mass is 587 g/mol. The van der Waals surface area contributed by atoms with Crippen molar-refractivity contribution in [3.63, 3.8) is 0 Å². The second-order valence-corrected chi connectivity index (χ2v) is 13.2. The average Bonchev–Trinajstić information content (AvgIpc) is 3.51. The Morgan fingerprint density at radius 1 is 1.31 bits per heavy atom. The summed E-state index contributed by atoms with van der Waals surface area (Å²) in [6, 6.07) is 7.71. The number of sulfonamides is 1. The van der Waals surface area contributed by atoms with Gasteiger partial charge in [-0.25, -0.2) is 27.8 Å². The van der Waals surface area contributed by atoms with Crippen LogP contribution in [-0.2, 0) is 10.0 Å².